The summed E-state index contributed by atoms with van der Waals surface area (Å²) in [6.07, 6.45) is -4.72. The van der Waals surface area contributed by atoms with Gasteiger partial charge in [0, 0.05) is 51.6 Å². The minimum atomic E-state index is -5.08. The Bertz CT molecular complexity index is 832. The molecule has 10 nitrogen and oxygen atoms in total. The van der Waals surface area contributed by atoms with Crippen molar-refractivity contribution in [2.45, 2.75) is 43.9 Å². The third-order valence-electron chi connectivity index (χ3n) is 5.07. The van der Waals surface area contributed by atoms with Crippen molar-refractivity contribution >= 4 is 17.8 Å². The number of hydrogen-bond donors (Lipinski definition) is 3. The van der Waals surface area contributed by atoms with Gasteiger partial charge in [0.05, 0.1) is 25.2 Å². The van der Waals surface area contributed by atoms with Gasteiger partial charge in [0.25, 0.3) is 0 Å². The molecule has 16 heteroatoms. The van der Waals surface area contributed by atoms with E-state index in [4.69, 9.17) is 29.3 Å². The second kappa shape index (κ2) is 14.7. The minimum Gasteiger partial charge on any atom is -0.475 e. The molecule has 0 spiro atoms. The van der Waals surface area contributed by atoms with Crippen molar-refractivity contribution in [1.82, 2.24) is 15.2 Å². The van der Waals surface area contributed by atoms with Crippen LogP contribution in [0.15, 0.2) is 24.5 Å². The number of nitrogens with zero attached hydrogens (tertiary/aromatic N) is 2. The molecule has 3 heterocycles. The van der Waals surface area contributed by atoms with Gasteiger partial charge in [0.1, 0.15) is 0 Å². The van der Waals surface area contributed by atoms with E-state index < -0.39 is 24.3 Å². The minimum absolute atomic E-state index is 0.0562. The Morgan fingerprint density at radius 3 is 2.08 bits per heavy atom. The number of carboxylic acids is 2. The van der Waals surface area contributed by atoms with Gasteiger partial charge in [-0.2, -0.15) is 26.3 Å². The maximum absolute atomic E-state index is 11.8. The van der Waals surface area contributed by atoms with Crippen LogP contribution >= 0.6 is 0 Å². The molecule has 1 aromatic rings. The van der Waals surface area contributed by atoms with Crippen LogP contribution in [0.3, 0.4) is 0 Å². The fourth-order valence-corrected chi connectivity index (χ4v) is 3.53. The van der Waals surface area contributed by atoms with Gasteiger partial charge in [-0.05, 0) is 24.1 Å². The molecule has 2 aliphatic rings. The molecule has 0 unspecified atom stereocenters. The average Bonchev–Trinajstić information content (AvgIpc) is 3.32. The molecule has 1 amide bonds. The molecular formula is C21H27F6N3O7. The molecule has 210 valence electrons. The zero-order valence-corrected chi connectivity index (χ0v) is 19.6. The quantitative estimate of drug-likeness (QED) is 0.346. The van der Waals surface area contributed by atoms with Crippen molar-refractivity contribution in [3.63, 3.8) is 0 Å². The van der Waals surface area contributed by atoms with Gasteiger partial charge in [-0.25, -0.2) is 9.59 Å². The number of likely N-dealkylation sites (tertiary alicyclic amines) is 1. The van der Waals surface area contributed by atoms with Gasteiger partial charge in [-0.15, -0.1) is 0 Å². The number of carbonyl (C=O) groups excluding carboxylic acids is 1. The van der Waals surface area contributed by atoms with Gasteiger partial charge >= 0.3 is 24.3 Å². The summed E-state index contributed by atoms with van der Waals surface area (Å²) < 4.78 is 74.5. The fourth-order valence-electron chi connectivity index (χ4n) is 3.53. The number of carbonyl (C=O) groups is 3. The molecule has 0 bridgehead atoms. The van der Waals surface area contributed by atoms with Crippen LogP contribution in [0.1, 0.15) is 18.4 Å². The second-order valence-corrected chi connectivity index (χ2v) is 7.99. The van der Waals surface area contributed by atoms with Crippen LogP contribution in [0.4, 0.5) is 26.3 Å². The molecule has 37 heavy (non-hydrogen) atoms. The lowest BCUT2D eigenvalue weighted by Gasteiger charge is -2.19. The van der Waals surface area contributed by atoms with Crippen LogP contribution in [-0.2, 0) is 30.4 Å². The number of carboxylic acid groups (broad SMARTS) is 2. The predicted octanol–water partition coefficient (Wildman–Crippen LogP) is 2.09. The number of fused-ring (bicyclic) bond motifs is 1. The lowest BCUT2D eigenvalue weighted by molar-refractivity contribution is -0.193. The van der Waals surface area contributed by atoms with Crippen molar-refractivity contribution in [2.24, 2.45) is 5.92 Å². The molecule has 0 saturated carbocycles. The first-order valence-electron chi connectivity index (χ1n) is 10.8. The molecule has 0 radical (unpaired) electrons. The van der Waals surface area contributed by atoms with Gasteiger partial charge in [0.2, 0.25) is 5.91 Å². The van der Waals surface area contributed by atoms with Crippen LogP contribution in [0, 0.1) is 5.92 Å². The Hall–Kier alpha value is -2.98. The normalized spacial score (nSPS) is 21.1. The van der Waals surface area contributed by atoms with Crippen LogP contribution in [0.5, 0.6) is 0 Å². The number of aliphatic carboxylic acids is 2. The van der Waals surface area contributed by atoms with Crippen LogP contribution < -0.4 is 5.32 Å². The summed E-state index contributed by atoms with van der Waals surface area (Å²) in [6, 6.07) is 4.12. The first-order valence-corrected chi connectivity index (χ1v) is 10.8. The average molecular weight is 547 g/mol. The molecule has 2 aliphatic heterocycles. The van der Waals surface area contributed by atoms with E-state index in [0.29, 0.717) is 25.5 Å². The van der Waals surface area contributed by atoms with Gasteiger partial charge in [-0.1, -0.05) is 0 Å². The molecule has 3 N–H and O–H groups in total. The third kappa shape index (κ3) is 12.7. The number of halogens is 6. The van der Waals surface area contributed by atoms with Crippen LogP contribution in [0.25, 0.3) is 0 Å². The van der Waals surface area contributed by atoms with Crippen molar-refractivity contribution in [1.29, 1.82) is 0 Å². The number of methoxy groups -OCH3 is 1. The highest BCUT2D eigenvalue weighted by molar-refractivity contribution is 5.76. The molecule has 3 rings (SSSR count). The highest BCUT2D eigenvalue weighted by atomic mass is 19.4. The molecule has 0 aliphatic carbocycles. The predicted molar refractivity (Wildman–Crippen MR) is 113 cm³/mol. The lowest BCUT2D eigenvalue weighted by atomic mass is 10.0. The van der Waals surface area contributed by atoms with E-state index in [2.05, 4.69) is 27.3 Å². The van der Waals surface area contributed by atoms with Gasteiger partial charge in [-0.3, -0.25) is 14.7 Å². The molecule has 0 aromatic carbocycles. The smallest absolute Gasteiger partial charge is 0.475 e. The van der Waals surface area contributed by atoms with E-state index in [1.54, 1.807) is 7.11 Å². The first-order chi connectivity index (χ1) is 17.1. The number of alkyl halides is 6. The zero-order chi connectivity index (χ0) is 28.2. The molecule has 2 fully saturated rings. The number of rotatable bonds is 7. The van der Waals surface area contributed by atoms with Crippen molar-refractivity contribution in [3.05, 3.63) is 30.1 Å². The van der Waals surface area contributed by atoms with E-state index in [1.165, 1.54) is 5.56 Å². The van der Waals surface area contributed by atoms with E-state index in [-0.39, 0.29) is 18.1 Å². The number of hydrogen-bond acceptors (Lipinski definition) is 7. The third-order valence-corrected chi connectivity index (χ3v) is 5.07. The molecular weight excluding hydrogens is 520 g/mol. The Kier molecular flexibility index (Phi) is 12.7. The number of ether oxygens (including phenoxy) is 2. The van der Waals surface area contributed by atoms with Gasteiger partial charge in [0.15, 0.2) is 0 Å². The monoisotopic (exact) mass is 547 g/mol. The Morgan fingerprint density at radius 1 is 1.08 bits per heavy atom. The summed E-state index contributed by atoms with van der Waals surface area (Å²) in [6.45, 7) is 4.06. The maximum Gasteiger partial charge on any atom is 0.490 e. The summed E-state index contributed by atoms with van der Waals surface area (Å²) in [5.74, 6) is -4.91. The summed E-state index contributed by atoms with van der Waals surface area (Å²) in [5.41, 5.74) is 1.29. The number of aromatic nitrogens is 1. The van der Waals surface area contributed by atoms with Crippen LogP contribution in [-0.4, -0.2) is 95.9 Å². The summed E-state index contributed by atoms with van der Waals surface area (Å²) >= 11 is 0. The Morgan fingerprint density at radius 2 is 1.62 bits per heavy atom. The molecule has 2 saturated heterocycles. The van der Waals surface area contributed by atoms with Crippen molar-refractivity contribution in [3.8, 4) is 0 Å². The lowest BCUT2D eigenvalue weighted by Crippen LogP contribution is -2.31. The SMILES string of the molecule is COCCNC(=O)C[C@@H]1C[C@H]2CN(Cc3ccncc3)C[C@H]2O1.O=C(O)C(F)(F)F.O=C(O)C(F)(F)F. The number of nitrogens with one attached hydrogen (secondary N) is 1. The standard InChI is InChI=1S/C17H25N3O3.2C2HF3O2/c1-22-7-6-19-17(21)9-15-8-14-11-20(12-16(14)23-15)10-13-2-4-18-5-3-13;2*3-2(4,5)1(6)7/h2-5,14-16H,6-12H2,1H3,(H,19,21);2*(H,6,7)/t14-,15-,16+;;/m0../s1. The zero-order valence-electron chi connectivity index (χ0n) is 19.6. The largest absolute Gasteiger partial charge is 0.490 e. The van der Waals surface area contributed by atoms with Gasteiger partial charge < -0.3 is 25.0 Å². The van der Waals surface area contributed by atoms with E-state index in [0.717, 1.165) is 26.1 Å². The number of amides is 1. The van der Waals surface area contributed by atoms with E-state index in [1.807, 2.05) is 12.4 Å². The molecule has 3 atom stereocenters. The topological polar surface area (TPSA) is 138 Å². The Labute approximate surface area is 207 Å². The second-order valence-electron chi connectivity index (χ2n) is 7.99. The highest BCUT2D eigenvalue weighted by Crippen LogP contribution is 2.34. The summed E-state index contributed by atoms with van der Waals surface area (Å²) in [7, 11) is 1.63. The van der Waals surface area contributed by atoms with E-state index in [9.17, 15) is 31.1 Å². The van der Waals surface area contributed by atoms with Crippen molar-refractivity contribution < 1.29 is 60.4 Å². The summed E-state index contributed by atoms with van der Waals surface area (Å²) in [4.78, 5) is 36.1. The maximum atomic E-state index is 11.8. The first kappa shape index (κ1) is 32.0. The van der Waals surface area contributed by atoms with Crippen molar-refractivity contribution in [2.75, 3.05) is 33.4 Å². The fraction of sp³-hybridized carbons (Fsp3) is 0.619. The highest BCUT2D eigenvalue weighted by Gasteiger charge is 2.42. The van der Waals surface area contributed by atoms with E-state index >= 15 is 0 Å². The Balaban J connectivity index is 0.000000404. The number of pyridine rings is 1. The molecule has 1 aromatic heterocycles. The summed E-state index contributed by atoms with van der Waals surface area (Å²) in [5, 5.41) is 17.1. The van der Waals surface area contributed by atoms with Crippen LogP contribution in [0.2, 0.25) is 0 Å².